The van der Waals surface area contributed by atoms with E-state index in [1.54, 1.807) is 12.1 Å². The molecule has 0 radical (unpaired) electrons. The van der Waals surface area contributed by atoms with Crippen LogP contribution in [0.4, 0.5) is 0 Å². The summed E-state index contributed by atoms with van der Waals surface area (Å²) >= 11 is 0. The first-order chi connectivity index (χ1) is 13.2. The van der Waals surface area contributed by atoms with Crippen molar-refractivity contribution in [3.05, 3.63) is 65.5 Å². The van der Waals surface area contributed by atoms with E-state index in [-0.39, 0.29) is 5.75 Å². The molecule has 0 atom stereocenters. The highest BCUT2D eigenvalue weighted by atomic mass is 16.5. The Morgan fingerprint density at radius 2 is 1.93 bits per heavy atom. The van der Waals surface area contributed by atoms with Gasteiger partial charge < -0.3 is 15.6 Å². The molecule has 6 heteroatoms. The number of phenolic OH excluding ortho intramolecular Hbond substituents is 1. The van der Waals surface area contributed by atoms with Gasteiger partial charge in [-0.2, -0.15) is 0 Å². The predicted octanol–water partition coefficient (Wildman–Crippen LogP) is 3.94. The van der Waals surface area contributed by atoms with Crippen LogP contribution in [-0.2, 0) is 13.1 Å². The van der Waals surface area contributed by atoms with Gasteiger partial charge in [-0.05, 0) is 36.6 Å². The number of benzene rings is 2. The third-order valence-electron chi connectivity index (χ3n) is 5.11. The van der Waals surface area contributed by atoms with E-state index in [0.29, 0.717) is 30.5 Å². The normalized spacial score (nSPS) is 14.6. The Hall–Kier alpha value is -2.86. The lowest BCUT2D eigenvalue weighted by molar-refractivity contribution is 0.408. The van der Waals surface area contributed by atoms with Crippen LogP contribution in [0.25, 0.3) is 0 Å². The molecule has 6 nitrogen and oxygen atoms in total. The molecular weight excluding hydrogens is 340 g/mol. The van der Waals surface area contributed by atoms with Crippen LogP contribution in [0.3, 0.4) is 0 Å². The highest BCUT2D eigenvalue weighted by Gasteiger charge is 2.20. The van der Waals surface area contributed by atoms with Gasteiger partial charge in [0.25, 0.3) is 0 Å². The molecule has 0 unspecified atom stereocenters. The fourth-order valence-corrected chi connectivity index (χ4v) is 3.62. The molecular formula is C21H24N4O2. The molecule has 27 heavy (non-hydrogen) atoms. The lowest BCUT2D eigenvalue weighted by Crippen LogP contribution is -2.01. The number of hydrogen-bond donors (Lipinski definition) is 2. The van der Waals surface area contributed by atoms with Crippen LogP contribution in [0, 0.1) is 0 Å². The molecule has 1 heterocycles. The van der Waals surface area contributed by atoms with Crippen LogP contribution >= 0.6 is 0 Å². The average molecular weight is 364 g/mol. The van der Waals surface area contributed by atoms with Crippen molar-refractivity contribution in [2.24, 2.45) is 5.73 Å². The Balaban J connectivity index is 1.47. The third-order valence-corrected chi connectivity index (χ3v) is 5.11. The van der Waals surface area contributed by atoms with Gasteiger partial charge >= 0.3 is 0 Å². The zero-order valence-corrected chi connectivity index (χ0v) is 15.2. The molecule has 0 amide bonds. The van der Waals surface area contributed by atoms with E-state index >= 15 is 0 Å². The summed E-state index contributed by atoms with van der Waals surface area (Å²) in [5.74, 6) is 1.70. The van der Waals surface area contributed by atoms with Crippen molar-refractivity contribution < 1.29 is 9.84 Å². The molecule has 0 saturated heterocycles. The van der Waals surface area contributed by atoms with Crippen molar-refractivity contribution in [1.82, 2.24) is 15.0 Å². The summed E-state index contributed by atoms with van der Waals surface area (Å²) in [6.07, 6.45) is 6.99. The minimum atomic E-state index is 0.0930. The first kappa shape index (κ1) is 17.5. The van der Waals surface area contributed by atoms with Crippen molar-refractivity contribution >= 4 is 0 Å². The van der Waals surface area contributed by atoms with Gasteiger partial charge in [-0.1, -0.05) is 42.3 Å². The lowest BCUT2D eigenvalue weighted by atomic mass is 10.1. The second-order valence-corrected chi connectivity index (χ2v) is 7.04. The van der Waals surface area contributed by atoms with Gasteiger partial charge in [0.05, 0.1) is 12.2 Å². The molecule has 1 saturated carbocycles. The zero-order valence-electron chi connectivity index (χ0n) is 15.2. The van der Waals surface area contributed by atoms with Crippen molar-refractivity contribution in [1.29, 1.82) is 0 Å². The topological polar surface area (TPSA) is 86.2 Å². The molecule has 3 aromatic rings. The van der Waals surface area contributed by atoms with E-state index in [0.717, 1.165) is 16.8 Å². The summed E-state index contributed by atoms with van der Waals surface area (Å²) in [7, 11) is 0. The van der Waals surface area contributed by atoms with E-state index in [1.807, 2.05) is 41.2 Å². The maximum absolute atomic E-state index is 10.4. The number of ether oxygens (including phenoxy) is 1. The van der Waals surface area contributed by atoms with Gasteiger partial charge in [0, 0.05) is 24.2 Å². The number of phenols is 1. The smallest absolute Gasteiger partial charge is 0.169 e. The quantitative estimate of drug-likeness (QED) is 0.692. The second-order valence-electron chi connectivity index (χ2n) is 7.04. The maximum atomic E-state index is 10.4. The van der Waals surface area contributed by atoms with Crippen molar-refractivity contribution in [2.75, 3.05) is 0 Å². The van der Waals surface area contributed by atoms with E-state index in [9.17, 15) is 5.11 Å². The Kier molecular flexibility index (Phi) is 5.07. The first-order valence-electron chi connectivity index (χ1n) is 9.40. The molecule has 1 aromatic heterocycles. The van der Waals surface area contributed by atoms with E-state index in [1.165, 1.54) is 25.7 Å². The SMILES string of the molecule is NCc1ccccc1Oc1ccc(Cn2cc(C3CCCC3)nn2)cc1O. The molecule has 4 rings (SSSR count). The van der Waals surface area contributed by atoms with Gasteiger partial charge in [-0.15, -0.1) is 5.10 Å². The summed E-state index contributed by atoms with van der Waals surface area (Å²) < 4.78 is 7.67. The van der Waals surface area contributed by atoms with Gasteiger partial charge in [-0.25, -0.2) is 4.68 Å². The van der Waals surface area contributed by atoms with Crippen LogP contribution in [0.1, 0.15) is 48.4 Å². The highest BCUT2D eigenvalue weighted by Crippen LogP contribution is 2.34. The molecule has 0 aliphatic heterocycles. The van der Waals surface area contributed by atoms with Gasteiger partial charge in [-0.3, -0.25) is 0 Å². The molecule has 1 aliphatic rings. The number of nitrogens with zero attached hydrogens (tertiary/aromatic N) is 3. The largest absolute Gasteiger partial charge is 0.504 e. The van der Waals surface area contributed by atoms with Crippen molar-refractivity contribution in [3.63, 3.8) is 0 Å². The maximum Gasteiger partial charge on any atom is 0.169 e. The molecule has 1 aliphatic carbocycles. The number of rotatable bonds is 6. The summed E-state index contributed by atoms with van der Waals surface area (Å²) in [4.78, 5) is 0. The van der Waals surface area contributed by atoms with Crippen LogP contribution in [0.15, 0.2) is 48.7 Å². The predicted molar refractivity (Wildman–Crippen MR) is 103 cm³/mol. The molecule has 140 valence electrons. The first-order valence-corrected chi connectivity index (χ1v) is 9.40. The van der Waals surface area contributed by atoms with Crippen LogP contribution in [0.2, 0.25) is 0 Å². The number of nitrogens with two attached hydrogens (primary N) is 1. The van der Waals surface area contributed by atoms with E-state index < -0.39 is 0 Å². The summed E-state index contributed by atoms with van der Waals surface area (Å²) in [5.41, 5.74) is 8.65. The van der Waals surface area contributed by atoms with E-state index in [4.69, 9.17) is 10.5 Å². The summed E-state index contributed by atoms with van der Waals surface area (Å²) in [6, 6.07) is 13.0. The van der Waals surface area contributed by atoms with Gasteiger partial charge in [0.15, 0.2) is 11.5 Å². The highest BCUT2D eigenvalue weighted by molar-refractivity contribution is 5.46. The standard InChI is InChI=1S/C21H24N4O2/c22-12-17-7-3-4-8-20(17)27-21-10-9-15(11-19(21)26)13-25-14-18(23-24-25)16-5-1-2-6-16/h3-4,7-11,14,16,26H,1-2,5-6,12-13,22H2. The fourth-order valence-electron chi connectivity index (χ4n) is 3.62. The van der Waals surface area contributed by atoms with E-state index in [2.05, 4.69) is 10.3 Å². The van der Waals surface area contributed by atoms with Gasteiger partial charge in [0.1, 0.15) is 5.75 Å². The molecule has 0 spiro atoms. The van der Waals surface area contributed by atoms with Gasteiger partial charge in [0.2, 0.25) is 0 Å². The Labute approximate surface area is 158 Å². The number of aromatic hydroxyl groups is 1. The Morgan fingerprint density at radius 1 is 1.11 bits per heavy atom. The number of para-hydroxylation sites is 1. The second kappa shape index (κ2) is 7.80. The minimum absolute atomic E-state index is 0.0930. The van der Waals surface area contributed by atoms with Crippen molar-refractivity contribution in [2.45, 2.75) is 44.7 Å². The molecule has 3 N–H and O–H groups in total. The Morgan fingerprint density at radius 3 is 2.70 bits per heavy atom. The molecule has 1 fully saturated rings. The molecule has 0 bridgehead atoms. The monoisotopic (exact) mass is 364 g/mol. The minimum Gasteiger partial charge on any atom is -0.504 e. The number of aromatic nitrogens is 3. The van der Waals surface area contributed by atoms with Crippen LogP contribution < -0.4 is 10.5 Å². The summed E-state index contributed by atoms with van der Waals surface area (Å²) in [6.45, 7) is 0.942. The van der Waals surface area contributed by atoms with Crippen LogP contribution in [0.5, 0.6) is 17.2 Å². The lowest BCUT2D eigenvalue weighted by Gasteiger charge is -2.12. The fraction of sp³-hybridized carbons (Fsp3) is 0.333. The third kappa shape index (κ3) is 3.95. The van der Waals surface area contributed by atoms with Crippen molar-refractivity contribution in [3.8, 4) is 17.2 Å². The zero-order chi connectivity index (χ0) is 18.6. The van der Waals surface area contributed by atoms with Crippen LogP contribution in [-0.4, -0.2) is 20.1 Å². The average Bonchev–Trinajstić information content (AvgIpc) is 3.36. The molecule has 2 aromatic carbocycles. The number of hydrogen-bond acceptors (Lipinski definition) is 5. The summed E-state index contributed by atoms with van der Waals surface area (Å²) in [5, 5.41) is 18.9. The Bertz CT molecular complexity index is 916.